The molecule has 0 amide bonds. The molecule has 0 saturated carbocycles. The third kappa shape index (κ3) is 5.72. The van der Waals surface area contributed by atoms with Gasteiger partial charge in [-0.15, -0.1) is 0 Å². The van der Waals surface area contributed by atoms with Gasteiger partial charge < -0.3 is 9.47 Å². The topological polar surface area (TPSA) is 72.9 Å². The number of anilines is 1. The molecule has 2 aromatic carbocycles. The van der Waals surface area contributed by atoms with E-state index in [0.29, 0.717) is 6.07 Å². The second-order valence-electron chi connectivity index (χ2n) is 7.99. The number of carbonyl (C=O) groups excluding carboxylic acids is 1. The van der Waals surface area contributed by atoms with Crippen molar-refractivity contribution in [3.63, 3.8) is 0 Å². The number of allylic oxidation sites excluding steroid dienone is 1. The summed E-state index contributed by atoms with van der Waals surface area (Å²) in [7, 11) is -3.12. The van der Waals surface area contributed by atoms with Crippen LogP contribution in [0.15, 0.2) is 52.9 Å². The average molecular weight is 498 g/mol. The lowest BCUT2D eigenvalue weighted by molar-refractivity contribution is -0.141. The predicted octanol–water partition coefficient (Wildman–Crippen LogP) is 5.43. The first-order valence-corrected chi connectivity index (χ1v) is 12.1. The summed E-state index contributed by atoms with van der Waals surface area (Å²) in [4.78, 5) is 11.1. The molecule has 34 heavy (non-hydrogen) atoms. The molecule has 0 aromatic heterocycles. The second-order valence-corrected chi connectivity index (χ2v) is 9.85. The lowest BCUT2D eigenvalue weighted by Gasteiger charge is -2.35. The summed E-state index contributed by atoms with van der Waals surface area (Å²) in [5.41, 5.74) is 0.975. The van der Waals surface area contributed by atoms with Crippen molar-refractivity contribution in [2.24, 2.45) is 0 Å². The zero-order valence-corrected chi connectivity index (χ0v) is 19.9. The van der Waals surface area contributed by atoms with Crippen LogP contribution in [0, 0.1) is 0 Å². The smallest absolute Gasteiger partial charge is 0.416 e. The van der Waals surface area contributed by atoms with Gasteiger partial charge in [-0.3, -0.25) is 9.10 Å². The van der Waals surface area contributed by atoms with Crippen LogP contribution in [-0.4, -0.2) is 34.1 Å². The van der Waals surface area contributed by atoms with E-state index in [0.717, 1.165) is 40.1 Å². The largest absolute Gasteiger partial charge is 0.486 e. The molecule has 1 aliphatic rings. The number of rotatable bonds is 7. The van der Waals surface area contributed by atoms with E-state index in [9.17, 15) is 26.4 Å². The van der Waals surface area contributed by atoms with Crippen molar-refractivity contribution >= 4 is 27.8 Å². The minimum absolute atomic E-state index is 0.00443. The summed E-state index contributed by atoms with van der Waals surface area (Å²) in [5, 5.41) is 0. The molecule has 0 N–H and O–H groups in total. The van der Waals surface area contributed by atoms with Gasteiger partial charge in [0.05, 0.1) is 29.8 Å². The molecule has 3 rings (SSSR count). The van der Waals surface area contributed by atoms with Crippen molar-refractivity contribution in [2.75, 3.05) is 18.0 Å². The van der Waals surface area contributed by atoms with Gasteiger partial charge in [-0.25, -0.2) is 8.42 Å². The molecule has 0 fully saturated rings. The fraction of sp³-hybridized carbons (Fsp3) is 0.375. The van der Waals surface area contributed by atoms with Gasteiger partial charge in [-0.05, 0) is 55.7 Å². The first-order valence-electron chi connectivity index (χ1n) is 10.7. The van der Waals surface area contributed by atoms with E-state index >= 15 is 0 Å². The van der Waals surface area contributed by atoms with Crippen molar-refractivity contribution in [1.29, 1.82) is 0 Å². The maximum atomic E-state index is 13.6. The quantitative estimate of drug-likeness (QED) is 0.477. The Kier molecular flexibility index (Phi) is 7.60. The van der Waals surface area contributed by atoms with Gasteiger partial charge >= 0.3 is 12.1 Å². The highest BCUT2D eigenvalue weighted by molar-refractivity contribution is 7.92. The Morgan fingerprint density at radius 1 is 1.24 bits per heavy atom. The number of ether oxygens (including phenoxy) is 2. The Balaban J connectivity index is 2.07. The van der Waals surface area contributed by atoms with Crippen LogP contribution in [0.4, 0.5) is 18.9 Å². The zero-order valence-electron chi connectivity index (χ0n) is 19.1. The van der Waals surface area contributed by atoms with Crippen LogP contribution < -0.4 is 9.04 Å². The van der Waals surface area contributed by atoms with E-state index in [-0.39, 0.29) is 30.8 Å². The van der Waals surface area contributed by atoms with E-state index in [4.69, 9.17) is 4.74 Å². The van der Waals surface area contributed by atoms with E-state index in [1.54, 1.807) is 18.2 Å². The molecule has 1 heterocycles. The van der Waals surface area contributed by atoms with Gasteiger partial charge in [0, 0.05) is 6.42 Å². The minimum atomic E-state index is -4.69. The summed E-state index contributed by atoms with van der Waals surface area (Å²) >= 11 is 0. The summed E-state index contributed by atoms with van der Waals surface area (Å²) in [5.74, 6) is -0.208. The Hall–Kier alpha value is -3.01. The van der Waals surface area contributed by atoms with Crippen LogP contribution >= 0.6 is 0 Å². The summed E-state index contributed by atoms with van der Waals surface area (Å²) < 4.78 is 78.5. The maximum Gasteiger partial charge on any atom is 0.416 e. The molecule has 184 valence electrons. The van der Waals surface area contributed by atoms with Crippen LogP contribution in [0.25, 0.3) is 6.08 Å². The number of hydrogen-bond donors (Lipinski definition) is 0. The third-order valence-corrected chi connectivity index (χ3v) is 7.31. The molecule has 0 bridgehead atoms. The lowest BCUT2D eigenvalue weighted by atomic mass is 10.1. The second kappa shape index (κ2) is 10.1. The maximum absolute atomic E-state index is 13.6. The zero-order chi connectivity index (χ0) is 25.1. The number of nitrogens with zero attached hydrogens (tertiary/aromatic N) is 1. The molecule has 1 aliphatic heterocycles. The SMILES string of the molecule is CCC(C)=Cc1ccc2c(c1)N(S(=O)(=O)c1cccc(C(F)(F)F)c1)CC(CCC(=O)OC)O2. The van der Waals surface area contributed by atoms with Crippen molar-refractivity contribution in [2.45, 2.75) is 50.3 Å². The number of alkyl halides is 3. The van der Waals surface area contributed by atoms with E-state index < -0.39 is 38.7 Å². The number of halogens is 3. The van der Waals surface area contributed by atoms with Gasteiger partial charge in [0.1, 0.15) is 11.9 Å². The molecule has 10 heteroatoms. The normalized spacial score (nSPS) is 16.6. The monoisotopic (exact) mass is 497 g/mol. The van der Waals surface area contributed by atoms with Crippen LogP contribution in [0.1, 0.15) is 44.2 Å². The minimum Gasteiger partial charge on any atom is -0.486 e. The third-order valence-electron chi connectivity index (χ3n) is 5.53. The molecule has 0 spiro atoms. The van der Waals surface area contributed by atoms with Gasteiger partial charge in [0.25, 0.3) is 10.0 Å². The van der Waals surface area contributed by atoms with Crippen LogP contribution in [0.2, 0.25) is 0 Å². The van der Waals surface area contributed by atoms with Crippen LogP contribution in [0.3, 0.4) is 0 Å². The molecule has 0 radical (unpaired) electrons. The van der Waals surface area contributed by atoms with Crippen molar-refractivity contribution < 1.29 is 35.9 Å². The highest BCUT2D eigenvalue weighted by Crippen LogP contribution is 2.40. The fourth-order valence-corrected chi connectivity index (χ4v) is 5.07. The number of methoxy groups -OCH3 is 1. The summed E-state index contributed by atoms with van der Waals surface area (Å²) in [6.07, 6.45) is -2.49. The van der Waals surface area contributed by atoms with Gasteiger partial charge in [-0.2, -0.15) is 13.2 Å². The summed E-state index contributed by atoms with van der Waals surface area (Å²) in [6, 6.07) is 8.68. The first kappa shape index (κ1) is 25.6. The number of hydrogen-bond acceptors (Lipinski definition) is 5. The predicted molar refractivity (Wildman–Crippen MR) is 122 cm³/mol. The van der Waals surface area contributed by atoms with Crippen LogP contribution in [0.5, 0.6) is 5.75 Å². The molecule has 1 unspecified atom stereocenters. The van der Waals surface area contributed by atoms with Gasteiger partial charge in [0.2, 0.25) is 0 Å². The lowest BCUT2D eigenvalue weighted by Crippen LogP contribution is -2.43. The summed E-state index contributed by atoms with van der Waals surface area (Å²) in [6.45, 7) is 3.77. The number of benzene rings is 2. The standard InChI is InChI=1S/C24H26F3NO5S/c1-4-16(2)12-17-8-10-22-21(13-17)28(15-19(33-22)9-11-23(29)32-3)34(30,31)20-7-5-6-18(14-20)24(25,26)27/h5-8,10,12-14,19H,4,9,11,15H2,1-3H3. The van der Waals surface area contributed by atoms with Crippen molar-refractivity contribution in [1.82, 2.24) is 0 Å². The fourth-order valence-electron chi connectivity index (χ4n) is 3.52. The van der Waals surface area contributed by atoms with Crippen molar-refractivity contribution in [3.05, 3.63) is 59.2 Å². The van der Waals surface area contributed by atoms with Gasteiger partial charge in [-0.1, -0.05) is 30.7 Å². The van der Waals surface area contributed by atoms with Crippen LogP contribution in [-0.2, 0) is 25.7 Å². The number of fused-ring (bicyclic) bond motifs is 1. The van der Waals surface area contributed by atoms with Gasteiger partial charge in [0.15, 0.2) is 0 Å². The molecule has 0 aliphatic carbocycles. The van der Waals surface area contributed by atoms with E-state index in [1.807, 2.05) is 19.9 Å². The number of esters is 1. The first-order chi connectivity index (χ1) is 16.0. The van der Waals surface area contributed by atoms with Crippen molar-refractivity contribution in [3.8, 4) is 5.75 Å². The Labute approximate surface area is 197 Å². The number of sulfonamides is 1. The Bertz CT molecular complexity index is 1190. The molecule has 2 aromatic rings. The van der Waals surface area contributed by atoms with E-state index in [1.165, 1.54) is 7.11 Å². The molecule has 0 saturated heterocycles. The average Bonchev–Trinajstić information content (AvgIpc) is 2.81. The highest BCUT2D eigenvalue weighted by Gasteiger charge is 2.37. The molecular weight excluding hydrogens is 471 g/mol. The molecular formula is C24H26F3NO5S. The molecule has 1 atom stereocenters. The molecule has 6 nitrogen and oxygen atoms in total. The highest BCUT2D eigenvalue weighted by atomic mass is 32.2. The Morgan fingerprint density at radius 3 is 2.62 bits per heavy atom. The van der Waals surface area contributed by atoms with E-state index in [2.05, 4.69) is 4.74 Å². The Morgan fingerprint density at radius 2 is 1.97 bits per heavy atom. The number of carbonyl (C=O) groups is 1.